The molecule has 0 aliphatic carbocycles. The van der Waals surface area contributed by atoms with Gasteiger partial charge in [-0.15, -0.1) is 0 Å². The van der Waals surface area contributed by atoms with Crippen LogP contribution in [-0.2, 0) is 0 Å². The number of amides is 1. The van der Waals surface area contributed by atoms with Gasteiger partial charge in [0.05, 0.1) is 19.3 Å². The van der Waals surface area contributed by atoms with Crippen LogP contribution in [0.3, 0.4) is 0 Å². The second kappa shape index (κ2) is 7.57. The Morgan fingerprint density at radius 2 is 1.80 bits per heavy atom. The number of pyridine rings is 2. The van der Waals surface area contributed by atoms with Crippen molar-refractivity contribution in [3.63, 3.8) is 0 Å². The Balaban J connectivity index is 1.75. The van der Waals surface area contributed by atoms with Gasteiger partial charge in [-0.1, -0.05) is 18.2 Å². The summed E-state index contributed by atoms with van der Waals surface area (Å²) in [6.45, 7) is 1.94. The van der Waals surface area contributed by atoms with Gasteiger partial charge in [-0.05, 0) is 42.3 Å². The molecule has 1 N–H and O–H groups in total. The van der Waals surface area contributed by atoms with Crippen LogP contribution in [0.1, 0.15) is 28.9 Å². The van der Waals surface area contributed by atoms with Crippen LogP contribution in [0.5, 0.6) is 5.75 Å². The Kier molecular flexibility index (Phi) is 5.04. The molecule has 1 aromatic carbocycles. The minimum atomic E-state index is -0.121. The highest BCUT2D eigenvalue weighted by Crippen LogP contribution is 2.28. The molecule has 0 fully saturated rings. The SMILES string of the molecule is COc1cnccc1-c1ccc(C(=O)NC(C)c2cccnc2)cc1. The van der Waals surface area contributed by atoms with Gasteiger partial charge < -0.3 is 10.1 Å². The molecule has 0 saturated carbocycles. The fourth-order valence-electron chi connectivity index (χ4n) is 2.58. The van der Waals surface area contributed by atoms with E-state index in [0.29, 0.717) is 11.3 Å². The topological polar surface area (TPSA) is 64.1 Å². The maximum Gasteiger partial charge on any atom is 0.251 e. The van der Waals surface area contributed by atoms with Gasteiger partial charge in [-0.3, -0.25) is 14.8 Å². The van der Waals surface area contributed by atoms with E-state index in [2.05, 4.69) is 15.3 Å². The average Bonchev–Trinajstić information content (AvgIpc) is 2.68. The third-order valence-corrected chi connectivity index (χ3v) is 3.99. The molecule has 5 nitrogen and oxygen atoms in total. The summed E-state index contributed by atoms with van der Waals surface area (Å²) in [5.74, 6) is 0.578. The van der Waals surface area contributed by atoms with Crippen molar-refractivity contribution < 1.29 is 9.53 Å². The van der Waals surface area contributed by atoms with Crippen LogP contribution in [0.4, 0.5) is 0 Å². The number of aromatic nitrogens is 2. The lowest BCUT2D eigenvalue weighted by Crippen LogP contribution is -2.26. The molecule has 5 heteroatoms. The van der Waals surface area contributed by atoms with E-state index >= 15 is 0 Å². The van der Waals surface area contributed by atoms with Crippen molar-refractivity contribution in [3.8, 4) is 16.9 Å². The highest BCUT2D eigenvalue weighted by molar-refractivity contribution is 5.95. The van der Waals surface area contributed by atoms with E-state index in [1.807, 2.05) is 37.3 Å². The van der Waals surface area contributed by atoms with Crippen molar-refractivity contribution in [2.75, 3.05) is 7.11 Å². The smallest absolute Gasteiger partial charge is 0.251 e. The van der Waals surface area contributed by atoms with Crippen molar-refractivity contribution >= 4 is 5.91 Å². The zero-order chi connectivity index (χ0) is 17.6. The number of nitrogens with zero attached hydrogens (tertiary/aromatic N) is 2. The Bertz CT molecular complexity index is 848. The van der Waals surface area contributed by atoms with Gasteiger partial charge in [0.25, 0.3) is 5.91 Å². The number of hydrogen-bond donors (Lipinski definition) is 1. The molecule has 0 radical (unpaired) electrons. The Morgan fingerprint density at radius 1 is 1.04 bits per heavy atom. The molecule has 0 aliphatic rings. The quantitative estimate of drug-likeness (QED) is 0.774. The van der Waals surface area contributed by atoms with Crippen molar-refractivity contribution in [1.29, 1.82) is 0 Å². The summed E-state index contributed by atoms with van der Waals surface area (Å²) in [4.78, 5) is 20.6. The number of hydrogen-bond acceptors (Lipinski definition) is 4. The van der Waals surface area contributed by atoms with Gasteiger partial charge in [-0.2, -0.15) is 0 Å². The van der Waals surface area contributed by atoms with E-state index in [-0.39, 0.29) is 11.9 Å². The molecular weight excluding hydrogens is 314 g/mol. The van der Waals surface area contributed by atoms with Crippen molar-refractivity contribution in [2.45, 2.75) is 13.0 Å². The molecule has 1 atom stereocenters. The van der Waals surface area contributed by atoms with Crippen molar-refractivity contribution in [2.24, 2.45) is 0 Å². The van der Waals surface area contributed by atoms with Crippen LogP contribution in [0.2, 0.25) is 0 Å². The molecular formula is C20H19N3O2. The number of benzene rings is 1. The molecule has 126 valence electrons. The first kappa shape index (κ1) is 16.6. The molecule has 2 heterocycles. The highest BCUT2D eigenvalue weighted by atomic mass is 16.5. The molecule has 3 aromatic rings. The van der Waals surface area contributed by atoms with Crippen LogP contribution < -0.4 is 10.1 Å². The van der Waals surface area contributed by atoms with Crippen LogP contribution in [-0.4, -0.2) is 23.0 Å². The lowest BCUT2D eigenvalue weighted by molar-refractivity contribution is 0.0940. The lowest BCUT2D eigenvalue weighted by Gasteiger charge is -2.14. The summed E-state index contributed by atoms with van der Waals surface area (Å²) < 4.78 is 5.33. The number of methoxy groups -OCH3 is 1. The molecule has 25 heavy (non-hydrogen) atoms. The van der Waals surface area contributed by atoms with Crippen LogP contribution in [0.25, 0.3) is 11.1 Å². The number of nitrogens with one attached hydrogen (secondary N) is 1. The summed E-state index contributed by atoms with van der Waals surface area (Å²) in [6.07, 6.45) is 6.85. The van der Waals surface area contributed by atoms with E-state index in [4.69, 9.17) is 4.74 Å². The monoisotopic (exact) mass is 333 g/mol. The van der Waals surface area contributed by atoms with Gasteiger partial charge >= 0.3 is 0 Å². The third-order valence-electron chi connectivity index (χ3n) is 3.99. The Hall–Kier alpha value is -3.21. The zero-order valence-electron chi connectivity index (χ0n) is 14.1. The second-order valence-electron chi connectivity index (χ2n) is 5.63. The lowest BCUT2D eigenvalue weighted by atomic mass is 10.0. The molecule has 0 aliphatic heterocycles. The molecule has 3 rings (SSSR count). The van der Waals surface area contributed by atoms with Crippen molar-refractivity contribution in [3.05, 3.63) is 78.4 Å². The summed E-state index contributed by atoms with van der Waals surface area (Å²) in [6, 6.07) is 13.0. The normalized spacial score (nSPS) is 11.6. The summed E-state index contributed by atoms with van der Waals surface area (Å²) >= 11 is 0. The first-order valence-electron chi connectivity index (χ1n) is 7.98. The second-order valence-corrected chi connectivity index (χ2v) is 5.63. The van der Waals surface area contributed by atoms with Crippen LogP contribution >= 0.6 is 0 Å². The largest absolute Gasteiger partial charge is 0.494 e. The zero-order valence-corrected chi connectivity index (χ0v) is 14.1. The summed E-state index contributed by atoms with van der Waals surface area (Å²) in [7, 11) is 1.61. The van der Waals surface area contributed by atoms with E-state index in [1.165, 1.54) is 0 Å². The van der Waals surface area contributed by atoms with Gasteiger partial charge in [0, 0.05) is 29.7 Å². The van der Waals surface area contributed by atoms with E-state index in [1.54, 1.807) is 44.0 Å². The first-order chi connectivity index (χ1) is 12.2. The maximum atomic E-state index is 12.4. The molecule has 2 aromatic heterocycles. The third kappa shape index (κ3) is 3.83. The van der Waals surface area contributed by atoms with Gasteiger partial charge in [0.2, 0.25) is 0 Å². The number of carbonyl (C=O) groups excluding carboxylic acids is 1. The Labute approximate surface area is 146 Å². The molecule has 0 bridgehead atoms. The molecule has 0 spiro atoms. The van der Waals surface area contributed by atoms with E-state index in [9.17, 15) is 4.79 Å². The fourth-order valence-corrected chi connectivity index (χ4v) is 2.58. The highest BCUT2D eigenvalue weighted by Gasteiger charge is 2.12. The summed E-state index contributed by atoms with van der Waals surface area (Å²) in [5.41, 5.74) is 3.48. The fraction of sp³-hybridized carbons (Fsp3) is 0.150. The van der Waals surface area contributed by atoms with E-state index < -0.39 is 0 Å². The average molecular weight is 333 g/mol. The van der Waals surface area contributed by atoms with Gasteiger partial charge in [0.1, 0.15) is 5.75 Å². The van der Waals surface area contributed by atoms with Gasteiger partial charge in [0.15, 0.2) is 0 Å². The molecule has 0 saturated heterocycles. The van der Waals surface area contributed by atoms with Crippen molar-refractivity contribution in [1.82, 2.24) is 15.3 Å². The predicted octanol–water partition coefficient (Wildman–Crippen LogP) is 3.64. The minimum Gasteiger partial charge on any atom is -0.494 e. The van der Waals surface area contributed by atoms with Gasteiger partial charge in [-0.25, -0.2) is 0 Å². The minimum absolute atomic E-state index is 0.110. The number of carbonyl (C=O) groups is 1. The summed E-state index contributed by atoms with van der Waals surface area (Å²) in [5, 5.41) is 2.98. The predicted molar refractivity (Wildman–Crippen MR) is 96.3 cm³/mol. The number of rotatable bonds is 5. The Morgan fingerprint density at radius 3 is 2.48 bits per heavy atom. The first-order valence-corrected chi connectivity index (χ1v) is 7.98. The molecule has 1 amide bonds. The standard InChI is InChI=1S/C20H19N3O2/c1-14(17-4-3-10-21-12-17)23-20(24)16-7-5-15(6-8-16)18-9-11-22-13-19(18)25-2/h3-14H,1-2H3,(H,23,24). The maximum absolute atomic E-state index is 12.4. The molecule has 1 unspecified atom stereocenters. The van der Waals surface area contributed by atoms with E-state index in [0.717, 1.165) is 16.7 Å². The van der Waals surface area contributed by atoms with Crippen LogP contribution in [0, 0.1) is 0 Å². The van der Waals surface area contributed by atoms with Crippen LogP contribution in [0.15, 0.2) is 67.3 Å². The number of ether oxygens (including phenoxy) is 1.